The van der Waals surface area contributed by atoms with E-state index in [1.54, 1.807) is 0 Å². The summed E-state index contributed by atoms with van der Waals surface area (Å²) in [4.78, 5) is 10.3. The van der Waals surface area contributed by atoms with Crippen LogP contribution in [0.15, 0.2) is 5.16 Å². The van der Waals surface area contributed by atoms with Gasteiger partial charge in [0.25, 0.3) is 0 Å². The molecule has 0 aliphatic rings. The Morgan fingerprint density at radius 2 is 2.27 bits per heavy atom. The second-order valence-electron chi connectivity index (χ2n) is 2.96. The smallest absolute Gasteiger partial charge is 0.243 e. The van der Waals surface area contributed by atoms with E-state index >= 15 is 0 Å². The molecule has 7 nitrogen and oxygen atoms in total. The maximum atomic E-state index is 10.3. The summed E-state index contributed by atoms with van der Waals surface area (Å²) in [6, 6.07) is -0.188. The number of oxime groups is 1. The van der Waals surface area contributed by atoms with Crippen molar-refractivity contribution < 1.29 is 14.7 Å². The van der Waals surface area contributed by atoms with Crippen LogP contribution in [0.3, 0.4) is 0 Å². The van der Waals surface area contributed by atoms with Crippen LogP contribution in [-0.2, 0) is 9.53 Å². The average molecular weight is 218 g/mol. The van der Waals surface area contributed by atoms with Gasteiger partial charge in [-0.25, -0.2) is 0 Å². The van der Waals surface area contributed by atoms with Crippen molar-refractivity contribution in [1.82, 2.24) is 5.32 Å². The van der Waals surface area contributed by atoms with Crippen LogP contribution in [0.4, 0.5) is 0 Å². The van der Waals surface area contributed by atoms with Crippen LogP contribution in [0.2, 0.25) is 0 Å². The quantitative estimate of drug-likeness (QED) is 0.131. The Labute approximate surface area is 88.4 Å². The highest BCUT2D eigenvalue weighted by atomic mass is 16.5. The number of carbonyl (C=O) groups excluding carboxylic acids is 1. The van der Waals surface area contributed by atoms with E-state index in [4.69, 9.17) is 21.4 Å². The number of amidine groups is 1. The molecule has 0 saturated heterocycles. The van der Waals surface area contributed by atoms with E-state index < -0.39 is 5.91 Å². The maximum Gasteiger partial charge on any atom is 0.243 e. The first kappa shape index (κ1) is 13.7. The van der Waals surface area contributed by atoms with E-state index in [0.29, 0.717) is 19.6 Å². The van der Waals surface area contributed by atoms with Gasteiger partial charge < -0.3 is 26.7 Å². The Hall–Kier alpha value is -1.34. The van der Waals surface area contributed by atoms with Crippen LogP contribution in [0.1, 0.15) is 13.3 Å². The molecule has 0 aliphatic heterocycles. The summed E-state index contributed by atoms with van der Waals surface area (Å²) in [5.41, 5.74) is 10.3. The highest BCUT2D eigenvalue weighted by Gasteiger charge is 2.09. The first-order chi connectivity index (χ1) is 7.11. The normalized spacial score (nSPS) is 13.8. The zero-order valence-corrected chi connectivity index (χ0v) is 8.77. The van der Waals surface area contributed by atoms with Crippen LogP contribution < -0.4 is 16.8 Å². The second kappa shape index (κ2) is 8.01. The predicted molar refractivity (Wildman–Crippen MR) is 55.5 cm³/mol. The molecule has 6 N–H and O–H groups in total. The van der Waals surface area contributed by atoms with Gasteiger partial charge in [0, 0.05) is 6.54 Å². The fourth-order valence-electron chi connectivity index (χ4n) is 1.01. The predicted octanol–water partition coefficient (Wildman–Crippen LogP) is -1.40. The van der Waals surface area contributed by atoms with E-state index in [0.717, 1.165) is 0 Å². The molecule has 0 aromatic carbocycles. The highest BCUT2D eigenvalue weighted by molar-refractivity contribution is 5.85. The van der Waals surface area contributed by atoms with E-state index in [2.05, 4.69) is 10.5 Å². The van der Waals surface area contributed by atoms with Crippen molar-refractivity contribution in [3.05, 3.63) is 0 Å². The Morgan fingerprint density at radius 3 is 2.73 bits per heavy atom. The molecule has 0 saturated carbocycles. The Bertz CT molecular complexity index is 220. The molecule has 0 radical (unpaired) electrons. The summed E-state index contributed by atoms with van der Waals surface area (Å²) in [6.07, 6.45) is 0.700. The number of primary amides is 1. The molecule has 0 aromatic heterocycles. The SMILES string of the molecule is CCC(NCCOCC(N)=O)C(N)=NO. The molecule has 0 aliphatic carbocycles. The Morgan fingerprint density at radius 1 is 1.60 bits per heavy atom. The number of amides is 1. The lowest BCUT2D eigenvalue weighted by atomic mass is 10.2. The number of nitrogens with two attached hydrogens (primary N) is 2. The van der Waals surface area contributed by atoms with Gasteiger partial charge in [-0.1, -0.05) is 12.1 Å². The molecule has 0 heterocycles. The van der Waals surface area contributed by atoms with Crippen LogP contribution in [0, 0.1) is 0 Å². The number of ether oxygens (including phenoxy) is 1. The van der Waals surface area contributed by atoms with Gasteiger partial charge in [0.15, 0.2) is 5.84 Å². The Balaban J connectivity index is 3.60. The minimum absolute atomic E-state index is 0.0952. The molecule has 0 spiro atoms. The standard InChI is InChI=1S/C8H18N4O3/c1-2-6(8(10)12-14)11-3-4-15-5-7(9)13/h6,11,14H,2-5H2,1H3,(H2,9,13)(H2,10,12). The van der Waals surface area contributed by atoms with Gasteiger partial charge in [-0.05, 0) is 6.42 Å². The first-order valence-electron chi connectivity index (χ1n) is 4.68. The van der Waals surface area contributed by atoms with Crippen molar-refractivity contribution in [3.63, 3.8) is 0 Å². The summed E-state index contributed by atoms with van der Waals surface area (Å²) >= 11 is 0. The second-order valence-corrected chi connectivity index (χ2v) is 2.96. The number of hydrogen-bond donors (Lipinski definition) is 4. The molecule has 0 fully saturated rings. The number of hydrogen-bond acceptors (Lipinski definition) is 5. The van der Waals surface area contributed by atoms with E-state index in [1.165, 1.54) is 0 Å². The summed E-state index contributed by atoms with van der Waals surface area (Å²) in [6.45, 7) is 2.65. The van der Waals surface area contributed by atoms with Gasteiger partial charge in [0.2, 0.25) is 5.91 Å². The Kier molecular flexibility index (Phi) is 7.29. The van der Waals surface area contributed by atoms with Crippen molar-refractivity contribution in [2.24, 2.45) is 16.6 Å². The summed E-state index contributed by atoms with van der Waals surface area (Å²) in [7, 11) is 0. The molecule has 1 amide bonds. The number of rotatable bonds is 8. The van der Waals surface area contributed by atoms with Gasteiger partial charge in [-0.2, -0.15) is 0 Å². The van der Waals surface area contributed by atoms with Crippen molar-refractivity contribution >= 4 is 11.7 Å². The van der Waals surface area contributed by atoms with Gasteiger partial charge in [-0.3, -0.25) is 4.79 Å². The fourth-order valence-corrected chi connectivity index (χ4v) is 1.01. The molecule has 88 valence electrons. The molecule has 1 unspecified atom stereocenters. The van der Waals surface area contributed by atoms with Crippen molar-refractivity contribution in [2.45, 2.75) is 19.4 Å². The highest BCUT2D eigenvalue weighted by Crippen LogP contribution is 1.90. The van der Waals surface area contributed by atoms with Crippen LogP contribution in [0.5, 0.6) is 0 Å². The lowest BCUT2D eigenvalue weighted by Gasteiger charge is -2.14. The zero-order valence-electron chi connectivity index (χ0n) is 8.77. The molecule has 15 heavy (non-hydrogen) atoms. The monoisotopic (exact) mass is 218 g/mol. The molecule has 1 atom stereocenters. The third-order valence-corrected chi connectivity index (χ3v) is 1.76. The van der Waals surface area contributed by atoms with Gasteiger partial charge in [0.1, 0.15) is 6.61 Å². The number of nitrogens with one attached hydrogen (secondary N) is 1. The summed E-state index contributed by atoms with van der Waals surface area (Å²) in [5.74, 6) is -0.370. The number of carbonyl (C=O) groups is 1. The molecular weight excluding hydrogens is 200 g/mol. The van der Waals surface area contributed by atoms with Gasteiger partial charge in [-0.15, -0.1) is 0 Å². The number of nitrogens with zero attached hydrogens (tertiary/aromatic N) is 1. The van der Waals surface area contributed by atoms with Crippen LogP contribution in [0.25, 0.3) is 0 Å². The molecular formula is C8H18N4O3. The summed E-state index contributed by atoms with van der Waals surface area (Å²) in [5, 5.41) is 14.3. The van der Waals surface area contributed by atoms with Gasteiger partial charge in [0.05, 0.1) is 12.6 Å². The van der Waals surface area contributed by atoms with Crippen molar-refractivity contribution in [2.75, 3.05) is 19.8 Å². The van der Waals surface area contributed by atoms with E-state index in [9.17, 15) is 4.79 Å². The lowest BCUT2D eigenvalue weighted by molar-refractivity contribution is -0.122. The average Bonchev–Trinajstić information content (AvgIpc) is 2.22. The zero-order chi connectivity index (χ0) is 11.7. The molecule has 0 bridgehead atoms. The third kappa shape index (κ3) is 6.69. The fraction of sp³-hybridized carbons (Fsp3) is 0.750. The van der Waals surface area contributed by atoms with Crippen molar-refractivity contribution in [3.8, 4) is 0 Å². The molecule has 0 rings (SSSR count). The van der Waals surface area contributed by atoms with Crippen LogP contribution in [-0.4, -0.2) is 42.8 Å². The van der Waals surface area contributed by atoms with Crippen molar-refractivity contribution in [1.29, 1.82) is 0 Å². The largest absolute Gasteiger partial charge is 0.409 e. The maximum absolute atomic E-state index is 10.3. The van der Waals surface area contributed by atoms with Gasteiger partial charge >= 0.3 is 0 Å². The third-order valence-electron chi connectivity index (χ3n) is 1.76. The minimum atomic E-state index is -0.501. The van der Waals surface area contributed by atoms with E-state index in [1.807, 2.05) is 6.92 Å². The lowest BCUT2D eigenvalue weighted by Crippen LogP contribution is -2.42. The van der Waals surface area contributed by atoms with Crippen LogP contribution >= 0.6 is 0 Å². The first-order valence-corrected chi connectivity index (χ1v) is 4.68. The minimum Gasteiger partial charge on any atom is -0.409 e. The molecule has 7 heteroatoms. The van der Waals surface area contributed by atoms with E-state index in [-0.39, 0.29) is 18.5 Å². The summed E-state index contributed by atoms with van der Waals surface area (Å²) < 4.78 is 4.92. The molecule has 0 aromatic rings. The topological polar surface area (TPSA) is 123 Å².